The quantitative estimate of drug-likeness (QED) is 0.656. The third-order valence-electron chi connectivity index (χ3n) is 5.58. The van der Waals surface area contributed by atoms with E-state index in [9.17, 15) is 9.59 Å². The zero-order chi connectivity index (χ0) is 21.1. The highest BCUT2D eigenvalue weighted by Gasteiger charge is 2.31. The number of rotatable bonds is 6. The Labute approximate surface area is 179 Å². The first kappa shape index (κ1) is 20.5. The highest BCUT2D eigenvalue weighted by molar-refractivity contribution is 7.21. The second-order valence-corrected chi connectivity index (χ2v) is 8.45. The van der Waals surface area contributed by atoms with E-state index in [1.54, 1.807) is 4.57 Å². The summed E-state index contributed by atoms with van der Waals surface area (Å²) in [7, 11) is 0. The minimum absolute atomic E-state index is 0.00554. The molecule has 2 aromatic heterocycles. The molecule has 3 heterocycles. The van der Waals surface area contributed by atoms with Crippen LogP contribution in [-0.2, 0) is 24.3 Å². The van der Waals surface area contributed by atoms with E-state index in [1.165, 1.54) is 11.3 Å². The topological polar surface area (TPSA) is 80.1 Å². The van der Waals surface area contributed by atoms with Gasteiger partial charge in [-0.05, 0) is 31.7 Å². The van der Waals surface area contributed by atoms with Crippen LogP contribution in [0, 0.1) is 0 Å². The molecule has 7 nitrogen and oxygen atoms in total. The molecule has 30 heavy (non-hydrogen) atoms. The van der Waals surface area contributed by atoms with Crippen LogP contribution < -0.4 is 15.8 Å². The van der Waals surface area contributed by atoms with Crippen LogP contribution in [0.2, 0.25) is 0 Å². The van der Waals surface area contributed by atoms with Gasteiger partial charge in [0.25, 0.3) is 5.56 Å². The number of hydrogen-bond donors (Lipinski definition) is 1. The van der Waals surface area contributed by atoms with Crippen molar-refractivity contribution in [3.63, 3.8) is 0 Å². The van der Waals surface area contributed by atoms with Gasteiger partial charge in [-0.25, -0.2) is 9.97 Å². The minimum atomic E-state index is -0.276. The molecule has 1 aliphatic rings. The fraction of sp³-hybridized carbons (Fsp3) is 0.455. The summed E-state index contributed by atoms with van der Waals surface area (Å²) >= 11 is 1.41. The van der Waals surface area contributed by atoms with Crippen LogP contribution in [0.15, 0.2) is 35.1 Å². The van der Waals surface area contributed by atoms with Gasteiger partial charge in [0.05, 0.1) is 0 Å². The Morgan fingerprint density at radius 1 is 1.20 bits per heavy atom. The van der Waals surface area contributed by atoms with Crippen molar-refractivity contribution in [1.82, 2.24) is 19.9 Å². The van der Waals surface area contributed by atoms with E-state index in [2.05, 4.69) is 20.2 Å². The molecule has 1 atom stereocenters. The summed E-state index contributed by atoms with van der Waals surface area (Å²) in [5.41, 5.74) is 1.39. The Morgan fingerprint density at radius 2 is 2.00 bits per heavy atom. The molecule has 1 aliphatic heterocycles. The number of hydrogen-bond acceptors (Lipinski definition) is 6. The molecule has 1 fully saturated rings. The molecule has 1 amide bonds. The van der Waals surface area contributed by atoms with Gasteiger partial charge in [-0.2, -0.15) is 0 Å². The summed E-state index contributed by atoms with van der Waals surface area (Å²) in [6.07, 6.45) is 3.49. The first-order valence-electron chi connectivity index (χ1n) is 10.6. The number of amides is 1. The molecule has 1 unspecified atom stereocenters. The number of aromatic nitrogens is 3. The van der Waals surface area contributed by atoms with Crippen molar-refractivity contribution in [2.24, 2.45) is 0 Å². The summed E-state index contributed by atoms with van der Waals surface area (Å²) < 4.78 is 1.69. The van der Waals surface area contributed by atoms with Crippen LogP contribution in [0.1, 0.15) is 44.5 Å². The van der Waals surface area contributed by atoms with Crippen molar-refractivity contribution in [2.45, 2.75) is 58.7 Å². The van der Waals surface area contributed by atoms with Crippen LogP contribution in [-0.4, -0.2) is 33.0 Å². The zero-order valence-corrected chi connectivity index (χ0v) is 18.2. The lowest BCUT2D eigenvalue weighted by molar-refractivity contribution is -0.123. The molecule has 4 rings (SSSR count). The van der Waals surface area contributed by atoms with E-state index in [0.717, 1.165) is 37.2 Å². The smallest absolute Gasteiger partial charge is 0.281 e. The summed E-state index contributed by atoms with van der Waals surface area (Å²) in [6, 6.07) is 9.63. The van der Waals surface area contributed by atoms with Crippen molar-refractivity contribution in [3.8, 4) is 0 Å². The largest absolute Gasteiger partial charge is 0.350 e. The van der Waals surface area contributed by atoms with Gasteiger partial charge in [0.1, 0.15) is 11.9 Å². The molecule has 0 aliphatic carbocycles. The number of benzene rings is 1. The van der Waals surface area contributed by atoms with Crippen LogP contribution in [0.3, 0.4) is 0 Å². The third-order valence-corrected chi connectivity index (χ3v) is 6.57. The van der Waals surface area contributed by atoms with Crippen molar-refractivity contribution >= 4 is 32.7 Å². The van der Waals surface area contributed by atoms with Crippen molar-refractivity contribution in [1.29, 1.82) is 0 Å². The molecule has 0 bridgehead atoms. The monoisotopic (exact) mass is 425 g/mol. The summed E-state index contributed by atoms with van der Waals surface area (Å²) in [5, 5.41) is 3.78. The molecule has 1 N–H and O–H groups in total. The zero-order valence-electron chi connectivity index (χ0n) is 17.4. The second kappa shape index (κ2) is 8.95. The highest BCUT2D eigenvalue weighted by atomic mass is 32.1. The Kier molecular flexibility index (Phi) is 6.13. The predicted molar refractivity (Wildman–Crippen MR) is 120 cm³/mol. The van der Waals surface area contributed by atoms with Gasteiger partial charge in [-0.1, -0.05) is 48.6 Å². The average molecular weight is 426 g/mol. The molecule has 3 aromatic rings. The van der Waals surface area contributed by atoms with Crippen LogP contribution in [0.5, 0.6) is 0 Å². The summed E-state index contributed by atoms with van der Waals surface area (Å²) in [6.45, 7) is 5.78. The van der Waals surface area contributed by atoms with E-state index in [-0.39, 0.29) is 17.5 Å². The molecule has 8 heteroatoms. The minimum Gasteiger partial charge on any atom is -0.350 e. The van der Waals surface area contributed by atoms with Crippen molar-refractivity contribution in [2.75, 3.05) is 11.4 Å². The molecule has 0 spiro atoms. The maximum absolute atomic E-state index is 13.0. The molecule has 1 saturated heterocycles. The third kappa shape index (κ3) is 3.96. The lowest BCUT2D eigenvalue weighted by atomic mass is 10.0. The summed E-state index contributed by atoms with van der Waals surface area (Å²) in [4.78, 5) is 37.9. The van der Waals surface area contributed by atoms with Crippen molar-refractivity contribution < 1.29 is 4.79 Å². The lowest BCUT2D eigenvalue weighted by Gasteiger charge is -2.34. The highest BCUT2D eigenvalue weighted by Crippen LogP contribution is 2.31. The van der Waals surface area contributed by atoms with E-state index in [0.29, 0.717) is 35.0 Å². The number of nitrogens with zero attached hydrogens (tertiary/aromatic N) is 4. The Balaban J connectivity index is 1.60. The molecule has 0 saturated carbocycles. The SMILES string of the molecule is CCc1nc2sc(N3CCCCC3C(=O)NCc3ccccc3)nc2c(=O)n1CC. The number of anilines is 1. The normalized spacial score (nSPS) is 16.7. The first-order valence-corrected chi connectivity index (χ1v) is 11.4. The number of aryl methyl sites for hydroxylation is 1. The molecule has 158 valence electrons. The second-order valence-electron chi connectivity index (χ2n) is 7.49. The number of fused-ring (bicyclic) bond motifs is 1. The standard InChI is InChI=1S/C22H27N5O2S/c1-3-17-24-20-18(21(29)26(17)4-2)25-22(30-20)27-13-9-8-12-16(27)19(28)23-14-15-10-6-5-7-11-15/h5-7,10-11,16H,3-4,8-9,12-14H2,1-2H3,(H,23,28). The summed E-state index contributed by atoms with van der Waals surface area (Å²) in [5.74, 6) is 0.784. The van der Waals surface area contributed by atoms with E-state index in [1.807, 2.05) is 44.2 Å². The van der Waals surface area contributed by atoms with Gasteiger partial charge in [-0.15, -0.1) is 0 Å². The molecule has 0 radical (unpaired) electrons. The maximum atomic E-state index is 13.0. The van der Waals surface area contributed by atoms with E-state index in [4.69, 9.17) is 0 Å². The molecular formula is C22H27N5O2S. The molecule has 1 aromatic carbocycles. The Morgan fingerprint density at radius 3 is 2.73 bits per heavy atom. The van der Waals surface area contributed by atoms with Gasteiger partial charge in [0.2, 0.25) is 5.91 Å². The van der Waals surface area contributed by atoms with E-state index < -0.39 is 0 Å². The fourth-order valence-electron chi connectivity index (χ4n) is 3.99. The fourth-order valence-corrected chi connectivity index (χ4v) is 5.02. The first-order chi connectivity index (χ1) is 14.6. The molecular weight excluding hydrogens is 398 g/mol. The lowest BCUT2D eigenvalue weighted by Crippen LogP contribution is -2.49. The van der Waals surface area contributed by atoms with E-state index >= 15 is 0 Å². The van der Waals surface area contributed by atoms with Gasteiger partial charge in [0, 0.05) is 26.1 Å². The number of nitrogens with one attached hydrogen (secondary N) is 1. The van der Waals surface area contributed by atoms with Crippen molar-refractivity contribution in [3.05, 3.63) is 52.1 Å². The number of piperidine rings is 1. The van der Waals surface area contributed by atoms with Crippen LogP contribution in [0.25, 0.3) is 10.3 Å². The number of carbonyl (C=O) groups excluding carboxylic acids is 1. The number of carbonyl (C=O) groups is 1. The Bertz CT molecular complexity index is 1090. The van der Waals surface area contributed by atoms with Gasteiger partial charge >= 0.3 is 0 Å². The predicted octanol–water partition coefficient (Wildman–Crippen LogP) is 3.11. The maximum Gasteiger partial charge on any atom is 0.281 e. The van der Waals surface area contributed by atoms with Crippen LogP contribution >= 0.6 is 11.3 Å². The van der Waals surface area contributed by atoms with Gasteiger partial charge in [0.15, 0.2) is 15.5 Å². The Hall–Kier alpha value is -2.74. The number of thiazole rings is 1. The van der Waals surface area contributed by atoms with Gasteiger partial charge in [-0.3, -0.25) is 14.2 Å². The average Bonchev–Trinajstić information content (AvgIpc) is 3.22. The van der Waals surface area contributed by atoms with Gasteiger partial charge < -0.3 is 10.2 Å². The van der Waals surface area contributed by atoms with Crippen LogP contribution in [0.4, 0.5) is 5.13 Å².